The second-order valence-electron chi connectivity index (χ2n) is 3.04. The van der Waals surface area contributed by atoms with Crippen LogP contribution in [0.1, 0.15) is 28.0 Å². The summed E-state index contributed by atoms with van der Waals surface area (Å²) >= 11 is 0. The molecule has 0 fully saturated rings. The summed E-state index contributed by atoms with van der Waals surface area (Å²) in [6.45, 7) is 0. The molecule has 0 aliphatic heterocycles. The predicted molar refractivity (Wildman–Crippen MR) is 45.5 cm³/mol. The summed E-state index contributed by atoms with van der Waals surface area (Å²) in [6, 6.07) is 0. The van der Waals surface area contributed by atoms with Crippen molar-refractivity contribution in [1.82, 2.24) is 4.98 Å². The lowest BCUT2D eigenvalue weighted by molar-refractivity contribution is -0.140. The fourth-order valence-corrected chi connectivity index (χ4v) is 1.16. The normalized spacial score (nSPS) is 11.8. The van der Waals surface area contributed by atoms with Gasteiger partial charge in [0.1, 0.15) is 16.8 Å². The Morgan fingerprint density at radius 3 is 2.33 bits per heavy atom. The number of pyridine rings is 1. The van der Waals surface area contributed by atoms with E-state index < -0.39 is 41.2 Å². The number of hydrogen-bond donors (Lipinski definition) is 0. The molecule has 0 aromatic carbocycles. The van der Waals surface area contributed by atoms with Crippen LogP contribution >= 0.6 is 0 Å². The van der Waals surface area contributed by atoms with E-state index in [-0.39, 0.29) is 6.20 Å². The topological polar surface area (TPSA) is 39.2 Å². The Morgan fingerprint density at radius 1 is 1.39 bits per heavy atom. The predicted octanol–water partition coefficient (Wildman–Crippen LogP) is 2.96. The molecule has 1 heterocycles. The van der Waals surface area contributed by atoms with Crippen molar-refractivity contribution in [3.05, 3.63) is 28.8 Å². The van der Waals surface area contributed by atoms with Crippen LogP contribution in [0.25, 0.3) is 0 Å². The molecule has 0 N–H and O–H groups in total. The van der Waals surface area contributed by atoms with Gasteiger partial charge in [0, 0.05) is 6.20 Å². The van der Waals surface area contributed by atoms with Crippen LogP contribution in [0.2, 0.25) is 0 Å². The van der Waals surface area contributed by atoms with Crippen LogP contribution in [0, 0.1) is 5.82 Å². The average molecular weight is 273 g/mol. The molecule has 0 atom stereocenters. The van der Waals surface area contributed by atoms with Gasteiger partial charge in [0.15, 0.2) is 5.82 Å². The molecule has 0 spiro atoms. The Kier molecular flexibility index (Phi) is 3.82. The van der Waals surface area contributed by atoms with Crippen molar-refractivity contribution in [1.29, 1.82) is 0 Å². The fraction of sp³-hybridized carbons (Fsp3) is 0.333. The minimum Gasteiger partial charge on any atom is -0.465 e. The van der Waals surface area contributed by atoms with Crippen LogP contribution in [0.4, 0.5) is 26.3 Å². The lowest BCUT2D eigenvalue weighted by Crippen LogP contribution is -2.17. The van der Waals surface area contributed by atoms with Crippen molar-refractivity contribution >= 4 is 5.97 Å². The zero-order chi connectivity index (χ0) is 14.1. The number of esters is 1. The highest BCUT2D eigenvalue weighted by atomic mass is 19.4. The van der Waals surface area contributed by atoms with Crippen LogP contribution in [-0.4, -0.2) is 18.1 Å². The first kappa shape index (κ1) is 14.3. The first-order chi connectivity index (χ1) is 8.20. The molecule has 1 aromatic rings. The summed E-state index contributed by atoms with van der Waals surface area (Å²) in [5.74, 6) is -3.78. The molecule has 0 saturated carbocycles. The summed E-state index contributed by atoms with van der Waals surface area (Å²) in [6.07, 6.45) is -8.65. The summed E-state index contributed by atoms with van der Waals surface area (Å²) in [5, 5.41) is 0. The van der Waals surface area contributed by atoms with E-state index in [1.165, 1.54) is 0 Å². The molecule has 18 heavy (non-hydrogen) atoms. The number of methoxy groups -OCH3 is 1. The SMILES string of the molecule is COC(=O)c1c(C(F)F)ncc(C(F)(F)F)c1F. The first-order valence-corrected chi connectivity index (χ1v) is 4.32. The lowest BCUT2D eigenvalue weighted by Gasteiger charge is -2.12. The lowest BCUT2D eigenvalue weighted by atomic mass is 10.1. The first-order valence-electron chi connectivity index (χ1n) is 4.32. The van der Waals surface area contributed by atoms with Gasteiger partial charge in [0.2, 0.25) is 0 Å². The molecular formula is C9H5F6NO2. The average Bonchev–Trinajstić information content (AvgIpc) is 2.25. The minimum atomic E-state index is -5.15. The zero-order valence-electron chi connectivity index (χ0n) is 8.69. The van der Waals surface area contributed by atoms with E-state index in [1.807, 2.05) is 0 Å². The van der Waals surface area contributed by atoms with Gasteiger partial charge >= 0.3 is 12.1 Å². The number of aromatic nitrogens is 1. The Labute approximate surface area is 96.4 Å². The van der Waals surface area contributed by atoms with Gasteiger partial charge in [-0.05, 0) is 0 Å². The molecular weight excluding hydrogens is 268 g/mol. The van der Waals surface area contributed by atoms with Gasteiger partial charge in [-0.2, -0.15) is 13.2 Å². The molecule has 100 valence electrons. The Morgan fingerprint density at radius 2 is 1.94 bits per heavy atom. The van der Waals surface area contributed by atoms with E-state index in [0.29, 0.717) is 0 Å². The van der Waals surface area contributed by atoms with Gasteiger partial charge in [0.25, 0.3) is 6.43 Å². The molecule has 1 rings (SSSR count). The third-order valence-electron chi connectivity index (χ3n) is 1.95. The standard InChI is InChI=1S/C9H5F6NO2/c1-18-8(17)4-5(10)3(9(13,14)15)2-16-6(4)7(11)12/h2,7H,1H3. The van der Waals surface area contributed by atoms with Crippen LogP contribution < -0.4 is 0 Å². The summed E-state index contributed by atoms with van der Waals surface area (Å²) < 4.78 is 79.1. The number of nitrogens with zero attached hydrogens (tertiary/aromatic N) is 1. The maximum Gasteiger partial charge on any atom is 0.420 e. The van der Waals surface area contributed by atoms with E-state index >= 15 is 0 Å². The molecule has 0 bridgehead atoms. The second kappa shape index (κ2) is 4.83. The number of ether oxygens (including phenoxy) is 1. The molecule has 0 aliphatic carbocycles. The van der Waals surface area contributed by atoms with Gasteiger partial charge in [-0.25, -0.2) is 18.0 Å². The van der Waals surface area contributed by atoms with Crippen LogP contribution in [0.5, 0.6) is 0 Å². The highest BCUT2D eigenvalue weighted by Gasteiger charge is 2.39. The zero-order valence-corrected chi connectivity index (χ0v) is 8.69. The number of alkyl halides is 5. The minimum absolute atomic E-state index is 0.0940. The van der Waals surface area contributed by atoms with Crippen LogP contribution in [0.15, 0.2) is 6.20 Å². The molecule has 0 amide bonds. The molecule has 9 heteroatoms. The van der Waals surface area contributed by atoms with Gasteiger partial charge in [-0.15, -0.1) is 0 Å². The molecule has 1 aromatic heterocycles. The van der Waals surface area contributed by atoms with E-state index in [9.17, 15) is 31.1 Å². The van der Waals surface area contributed by atoms with Gasteiger partial charge < -0.3 is 4.74 Å². The largest absolute Gasteiger partial charge is 0.465 e. The smallest absolute Gasteiger partial charge is 0.420 e. The van der Waals surface area contributed by atoms with Crippen LogP contribution in [0.3, 0.4) is 0 Å². The summed E-state index contributed by atoms with van der Waals surface area (Å²) in [4.78, 5) is 13.8. The van der Waals surface area contributed by atoms with Gasteiger partial charge in [0.05, 0.1) is 7.11 Å². The number of halogens is 6. The molecule has 0 radical (unpaired) electrons. The van der Waals surface area contributed by atoms with E-state index in [1.54, 1.807) is 0 Å². The van der Waals surface area contributed by atoms with Crippen LogP contribution in [-0.2, 0) is 10.9 Å². The summed E-state index contributed by atoms with van der Waals surface area (Å²) in [7, 11) is 0.720. The van der Waals surface area contributed by atoms with E-state index in [2.05, 4.69) is 9.72 Å². The Hall–Kier alpha value is -1.80. The Balaban J connectivity index is 3.55. The number of hydrogen-bond acceptors (Lipinski definition) is 3. The van der Waals surface area contributed by atoms with Crippen molar-refractivity contribution in [3.8, 4) is 0 Å². The van der Waals surface area contributed by atoms with Gasteiger partial charge in [-0.1, -0.05) is 0 Å². The highest BCUT2D eigenvalue weighted by molar-refractivity contribution is 5.91. The molecule has 0 saturated heterocycles. The second-order valence-corrected chi connectivity index (χ2v) is 3.04. The third-order valence-corrected chi connectivity index (χ3v) is 1.95. The molecule has 0 aliphatic rings. The fourth-order valence-electron chi connectivity index (χ4n) is 1.16. The van der Waals surface area contributed by atoms with Crippen molar-refractivity contribution < 1.29 is 35.9 Å². The summed E-state index contributed by atoms with van der Waals surface area (Å²) in [5.41, 5.74) is -4.82. The van der Waals surface area contributed by atoms with Crippen molar-refractivity contribution in [2.75, 3.05) is 7.11 Å². The van der Waals surface area contributed by atoms with E-state index in [4.69, 9.17) is 0 Å². The number of carbonyl (C=O) groups is 1. The molecule has 3 nitrogen and oxygen atoms in total. The van der Waals surface area contributed by atoms with Crippen molar-refractivity contribution in [3.63, 3.8) is 0 Å². The van der Waals surface area contributed by atoms with Crippen molar-refractivity contribution in [2.24, 2.45) is 0 Å². The number of carbonyl (C=O) groups excluding carboxylic acids is 1. The third kappa shape index (κ3) is 2.54. The maximum absolute atomic E-state index is 13.4. The Bertz CT molecular complexity index is 471. The van der Waals surface area contributed by atoms with Gasteiger partial charge in [-0.3, -0.25) is 4.98 Å². The molecule has 0 unspecified atom stereocenters. The highest BCUT2D eigenvalue weighted by Crippen LogP contribution is 2.34. The number of rotatable bonds is 2. The maximum atomic E-state index is 13.4. The monoisotopic (exact) mass is 273 g/mol. The van der Waals surface area contributed by atoms with Crippen molar-refractivity contribution in [2.45, 2.75) is 12.6 Å². The quantitative estimate of drug-likeness (QED) is 0.614. The van der Waals surface area contributed by atoms with E-state index in [0.717, 1.165) is 7.11 Å².